The summed E-state index contributed by atoms with van der Waals surface area (Å²) in [5.41, 5.74) is 9.76. The van der Waals surface area contributed by atoms with Crippen LogP contribution >= 0.6 is 0 Å². The van der Waals surface area contributed by atoms with Crippen LogP contribution in [0.2, 0.25) is 0 Å². The van der Waals surface area contributed by atoms with E-state index in [0.29, 0.717) is 0 Å². The molecule has 2 nitrogen and oxygen atoms in total. The molecule has 3 rings (SSSR count). The first-order chi connectivity index (χ1) is 8.74. The van der Waals surface area contributed by atoms with E-state index in [1.54, 1.807) is 0 Å². The van der Waals surface area contributed by atoms with E-state index in [2.05, 4.69) is 35.3 Å². The van der Waals surface area contributed by atoms with Gasteiger partial charge in [0.2, 0.25) is 0 Å². The van der Waals surface area contributed by atoms with Crippen molar-refractivity contribution in [1.29, 1.82) is 0 Å². The minimum Gasteiger partial charge on any atom is -0.397 e. The molecule has 0 aliphatic heterocycles. The van der Waals surface area contributed by atoms with Gasteiger partial charge in [0.25, 0.3) is 0 Å². The van der Waals surface area contributed by atoms with Gasteiger partial charge < -0.3 is 5.73 Å². The van der Waals surface area contributed by atoms with Gasteiger partial charge in [-0.2, -0.15) is 0 Å². The SMILES string of the molecule is Cc1cnc(-c2ccc3ccccc3c2)c(N)c1. The maximum absolute atomic E-state index is 6.03. The van der Waals surface area contributed by atoms with E-state index in [-0.39, 0.29) is 0 Å². The lowest BCUT2D eigenvalue weighted by molar-refractivity contribution is 1.27. The van der Waals surface area contributed by atoms with Gasteiger partial charge in [-0.3, -0.25) is 4.98 Å². The molecule has 2 N–H and O–H groups in total. The van der Waals surface area contributed by atoms with Crippen LogP contribution in [0.3, 0.4) is 0 Å². The molecule has 0 bridgehead atoms. The summed E-state index contributed by atoms with van der Waals surface area (Å²) in [5, 5.41) is 2.43. The Bertz CT molecular complexity index is 717. The topological polar surface area (TPSA) is 38.9 Å². The van der Waals surface area contributed by atoms with Crippen molar-refractivity contribution in [2.24, 2.45) is 0 Å². The van der Waals surface area contributed by atoms with Crippen LogP contribution in [0.4, 0.5) is 5.69 Å². The van der Waals surface area contributed by atoms with Gasteiger partial charge in [-0.15, -0.1) is 0 Å². The summed E-state index contributed by atoms with van der Waals surface area (Å²) in [7, 11) is 0. The third-order valence-electron chi connectivity index (χ3n) is 3.08. The second kappa shape index (κ2) is 4.15. The number of fused-ring (bicyclic) bond motifs is 1. The number of anilines is 1. The van der Waals surface area contributed by atoms with Crippen LogP contribution in [0.15, 0.2) is 54.7 Å². The smallest absolute Gasteiger partial charge is 0.0931 e. The number of nitrogens with zero attached hydrogens (tertiary/aromatic N) is 1. The standard InChI is InChI=1S/C16H14N2/c1-11-8-15(17)16(18-10-11)14-7-6-12-4-2-3-5-13(12)9-14/h2-10H,17H2,1H3. The Morgan fingerprint density at radius 1 is 0.944 bits per heavy atom. The lowest BCUT2D eigenvalue weighted by Gasteiger charge is -2.07. The van der Waals surface area contributed by atoms with Crippen LogP contribution in [-0.4, -0.2) is 4.98 Å². The van der Waals surface area contributed by atoms with Gasteiger partial charge in [0.05, 0.1) is 11.4 Å². The van der Waals surface area contributed by atoms with Crippen molar-refractivity contribution in [3.63, 3.8) is 0 Å². The first kappa shape index (κ1) is 10.8. The van der Waals surface area contributed by atoms with Crippen molar-refractivity contribution in [2.75, 3.05) is 5.73 Å². The quantitative estimate of drug-likeness (QED) is 0.695. The van der Waals surface area contributed by atoms with Gasteiger partial charge in [-0.05, 0) is 35.4 Å². The molecule has 1 heterocycles. The molecule has 18 heavy (non-hydrogen) atoms. The number of nitrogen functional groups attached to an aromatic ring is 1. The molecule has 0 saturated heterocycles. The monoisotopic (exact) mass is 234 g/mol. The predicted molar refractivity (Wildman–Crippen MR) is 76.3 cm³/mol. The van der Waals surface area contributed by atoms with E-state index in [4.69, 9.17) is 5.73 Å². The Morgan fingerprint density at radius 3 is 2.50 bits per heavy atom. The summed E-state index contributed by atoms with van der Waals surface area (Å²) in [5.74, 6) is 0. The normalized spacial score (nSPS) is 10.7. The summed E-state index contributed by atoms with van der Waals surface area (Å²) in [6.45, 7) is 1.99. The Morgan fingerprint density at radius 2 is 1.72 bits per heavy atom. The molecule has 0 aliphatic rings. The number of rotatable bonds is 1. The van der Waals surface area contributed by atoms with Crippen LogP contribution < -0.4 is 5.73 Å². The zero-order chi connectivity index (χ0) is 12.5. The average molecular weight is 234 g/mol. The molecule has 2 aromatic carbocycles. The fourth-order valence-electron chi connectivity index (χ4n) is 2.17. The molecule has 0 fully saturated rings. The maximum Gasteiger partial charge on any atom is 0.0931 e. The van der Waals surface area contributed by atoms with Gasteiger partial charge in [0.1, 0.15) is 0 Å². The van der Waals surface area contributed by atoms with Crippen LogP contribution in [0, 0.1) is 6.92 Å². The molecule has 2 heteroatoms. The summed E-state index contributed by atoms with van der Waals surface area (Å²) < 4.78 is 0. The van der Waals surface area contributed by atoms with Gasteiger partial charge in [-0.1, -0.05) is 36.4 Å². The molecular weight excluding hydrogens is 220 g/mol. The highest BCUT2D eigenvalue weighted by atomic mass is 14.7. The van der Waals surface area contributed by atoms with Crippen molar-refractivity contribution in [3.8, 4) is 11.3 Å². The van der Waals surface area contributed by atoms with Crippen LogP contribution in [0.25, 0.3) is 22.0 Å². The molecule has 0 aliphatic carbocycles. The highest BCUT2D eigenvalue weighted by Gasteiger charge is 2.05. The number of hydrogen-bond donors (Lipinski definition) is 1. The number of aromatic nitrogens is 1. The lowest BCUT2D eigenvalue weighted by atomic mass is 10.0. The van der Waals surface area contributed by atoms with Crippen LogP contribution in [-0.2, 0) is 0 Å². The Labute approximate surface area is 106 Å². The van der Waals surface area contributed by atoms with Gasteiger partial charge in [-0.25, -0.2) is 0 Å². The highest BCUT2D eigenvalue weighted by Crippen LogP contribution is 2.27. The molecule has 3 aromatic rings. The van der Waals surface area contributed by atoms with Crippen molar-refractivity contribution >= 4 is 16.5 Å². The zero-order valence-corrected chi connectivity index (χ0v) is 10.2. The van der Waals surface area contributed by atoms with Crippen molar-refractivity contribution in [2.45, 2.75) is 6.92 Å². The van der Waals surface area contributed by atoms with E-state index in [9.17, 15) is 0 Å². The number of pyridine rings is 1. The van der Waals surface area contributed by atoms with Crippen LogP contribution in [0.1, 0.15) is 5.56 Å². The molecule has 0 atom stereocenters. The molecule has 0 radical (unpaired) electrons. The largest absolute Gasteiger partial charge is 0.397 e. The zero-order valence-electron chi connectivity index (χ0n) is 10.2. The fraction of sp³-hybridized carbons (Fsp3) is 0.0625. The van der Waals surface area contributed by atoms with E-state index in [0.717, 1.165) is 22.5 Å². The average Bonchev–Trinajstić information content (AvgIpc) is 2.38. The second-order valence-electron chi connectivity index (χ2n) is 4.51. The predicted octanol–water partition coefficient (Wildman–Crippen LogP) is 3.79. The Hall–Kier alpha value is -2.35. The lowest BCUT2D eigenvalue weighted by Crippen LogP contribution is -1.94. The van der Waals surface area contributed by atoms with Gasteiger partial charge in [0, 0.05) is 11.8 Å². The first-order valence-corrected chi connectivity index (χ1v) is 5.95. The van der Waals surface area contributed by atoms with E-state index < -0.39 is 0 Å². The van der Waals surface area contributed by atoms with Crippen molar-refractivity contribution < 1.29 is 0 Å². The van der Waals surface area contributed by atoms with E-state index >= 15 is 0 Å². The second-order valence-corrected chi connectivity index (χ2v) is 4.51. The van der Waals surface area contributed by atoms with E-state index in [1.807, 2.05) is 31.3 Å². The summed E-state index contributed by atoms with van der Waals surface area (Å²) in [4.78, 5) is 4.43. The molecule has 1 aromatic heterocycles. The summed E-state index contributed by atoms with van der Waals surface area (Å²) >= 11 is 0. The molecule has 88 valence electrons. The number of aryl methyl sites for hydroxylation is 1. The maximum atomic E-state index is 6.03. The Balaban J connectivity index is 2.19. The number of nitrogens with two attached hydrogens (primary N) is 1. The Kier molecular flexibility index (Phi) is 2.49. The van der Waals surface area contributed by atoms with E-state index in [1.165, 1.54) is 10.8 Å². The summed E-state index contributed by atoms with van der Waals surface area (Å²) in [6.07, 6.45) is 1.85. The van der Waals surface area contributed by atoms with Crippen molar-refractivity contribution in [1.82, 2.24) is 4.98 Å². The molecule has 0 spiro atoms. The number of benzene rings is 2. The number of hydrogen-bond acceptors (Lipinski definition) is 2. The summed E-state index contributed by atoms with van der Waals surface area (Å²) in [6, 6.07) is 16.5. The van der Waals surface area contributed by atoms with Gasteiger partial charge >= 0.3 is 0 Å². The first-order valence-electron chi connectivity index (χ1n) is 5.95. The molecule has 0 unspecified atom stereocenters. The minimum atomic E-state index is 0.727. The third-order valence-corrected chi connectivity index (χ3v) is 3.08. The molecule has 0 saturated carbocycles. The molecular formula is C16H14N2. The van der Waals surface area contributed by atoms with Gasteiger partial charge in [0.15, 0.2) is 0 Å². The molecule has 0 amide bonds. The fourth-order valence-corrected chi connectivity index (χ4v) is 2.17. The van der Waals surface area contributed by atoms with Crippen LogP contribution in [0.5, 0.6) is 0 Å². The van der Waals surface area contributed by atoms with Crippen molar-refractivity contribution in [3.05, 3.63) is 60.3 Å². The highest BCUT2D eigenvalue weighted by molar-refractivity contribution is 5.88. The third kappa shape index (κ3) is 1.82. The minimum absolute atomic E-state index is 0.727.